The van der Waals surface area contributed by atoms with E-state index in [9.17, 15) is 5.11 Å². The lowest BCUT2D eigenvalue weighted by molar-refractivity contribution is 0.411. The van der Waals surface area contributed by atoms with Gasteiger partial charge in [0.25, 0.3) is 0 Å². The average molecular weight is 254 g/mol. The summed E-state index contributed by atoms with van der Waals surface area (Å²) < 4.78 is 5.24. The van der Waals surface area contributed by atoms with Crippen LogP contribution in [0.3, 0.4) is 0 Å². The zero-order chi connectivity index (χ0) is 13.8. The number of hydrogen-bond donors (Lipinski definition) is 1. The van der Waals surface area contributed by atoms with E-state index < -0.39 is 0 Å². The van der Waals surface area contributed by atoms with Gasteiger partial charge < -0.3 is 9.84 Å². The summed E-state index contributed by atoms with van der Waals surface area (Å²) in [4.78, 5) is 0. The smallest absolute Gasteiger partial charge is 0.121 e. The van der Waals surface area contributed by atoms with Crippen LogP contribution in [0.15, 0.2) is 36.4 Å². The van der Waals surface area contributed by atoms with Crippen LogP contribution >= 0.6 is 0 Å². The summed E-state index contributed by atoms with van der Waals surface area (Å²) in [5.41, 5.74) is 4.20. The maximum Gasteiger partial charge on any atom is 0.121 e. The molecule has 2 heteroatoms. The van der Waals surface area contributed by atoms with Crippen molar-refractivity contribution in [3.8, 4) is 11.5 Å². The van der Waals surface area contributed by atoms with Crippen LogP contribution in [0.25, 0.3) is 12.2 Å². The Kier molecular flexibility index (Phi) is 3.91. The zero-order valence-corrected chi connectivity index (χ0v) is 11.5. The maximum absolute atomic E-state index is 9.49. The van der Waals surface area contributed by atoms with E-state index in [-0.39, 0.29) is 0 Å². The number of rotatable bonds is 3. The van der Waals surface area contributed by atoms with Gasteiger partial charge in [-0.2, -0.15) is 0 Å². The van der Waals surface area contributed by atoms with E-state index in [1.165, 1.54) is 0 Å². The molecule has 2 nitrogen and oxygen atoms in total. The van der Waals surface area contributed by atoms with Crippen LogP contribution in [0.2, 0.25) is 0 Å². The van der Waals surface area contributed by atoms with Gasteiger partial charge in [0, 0.05) is 0 Å². The van der Waals surface area contributed by atoms with Crippen molar-refractivity contribution < 1.29 is 9.84 Å². The molecule has 0 amide bonds. The standard InChI is InChI=1S/C17H18O2/c1-12-10-14(6-8-16(12)18)4-5-15-7-9-17(19-3)13(2)11-15/h4-11,18H,1-3H3/b5-4+. The Morgan fingerprint density at radius 1 is 0.895 bits per heavy atom. The molecule has 0 fully saturated rings. The molecule has 0 saturated carbocycles. The van der Waals surface area contributed by atoms with Crippen molar-refractivity contribution in [3.05, 3.63) is 58.7 Å². The molecule has 98 valence electrons. The molecule has 0 unspecified atom stereocenters. The summed E-state index contributed by atoms with van der Waals surface area (Å²) in [6.07, 6.45) is 4.09. The zero-order valence-electron chi connectivity index (χ0n) is 11.5. The van der Waals surface area contributed by atoms with Gasteiger partial charge in [-0.15, -0.1) is 0 Å². The van der Waals surface area contributed by atoms with Crippen LogP contribution in [0.1, 0.15) is 22.3 Å². The average Bonchev–Trinajstić information content (AvgIpc) is 2.40. The van der Waals surface area contributed by atoms with Gasteiger partial charge >= 0.3 is 0 Å². The highest BCUT2D eigenvalue weighted by Gasteiger charge is 1.98. The Labute approximate surface area is 114 Å². The van der Waals surface area contributed by atoms with E-state index in [4.69, 9.17) is 4.74 Å². The maximum atomic E-state index is 9.49. The van der Waals surface area contributed by atoms with Crippen LogP contribution in [-0.2, 0) is 0 Å². The molecule has 0 aliphatic carbocycles. The normalized spacial score (nSPS) is 10.9. The molecule has 2 aromatic rings. The minimum absolute atomic E-state index is 0.331. The number of aromatic hydroxyl groups is 1. The lowest BCUT2D eigenvalue weighted by Gasteiger charge is -2.05. The molecule has 2 rings (SSSR count). The molecule has 0 aromatic heterocycles. The van der Waals surface area contributed by atoms with Crippen LogP contribution in [0, 0.1) is 13.8 Å². The highest BCUT2D eigenvalue weighted by molar-refractivity contribution is 5.71. The SMILES string of the molecule is COc1ccc(/C=C/c2ccc(O)c(C)c2)cc1C. The first-order valence-electron chi connectivity index (χ1n) is 6.22. The van der Waals surface area contributed by atoms with Crippen molar-refractivity contribution in [1.29, 1.82) is 0 Å². The van der Waals surface area contributed by atoms with Crippen LogP contribution < -0.4 is 4.74 Å². The second kappa shape index (κ2) is 5.61. The third-order valence-corrected chi connectivity index (χ3v) is 3.11. The Bertz CT molecular complexity index is 613. The fraction of sp³-hybridized carbons (Fsp3) is 0.176. The predicted octanol–water partition coefficient (Wildman–Crippen LogP) is 4.19. The molecule has 19 heavy (non-hydrogen) atoms. The molecule has 0 heterocycles. The summed E-state index contributed by atoms with van der Waals surface area (Å²) in [7, 11) is 1.68. The van der Waals surface area contributed by atoms with Crippen molar-refractivity contribution in [2.24, 2.45) is 0 Å². The molecule has 0 radical (unpaired) electrons. The van der Waals surface area contributed by atoms with Gasteiger partial charge in [0.15, 0.2) is 0 Å². The molecule has 0 aliphatic rings. The molecule has 0 bridgehead atoms. The molecule has 0 spiro atoms. The third-order valence-electron chi connectivity index (χ3n) is 3.11. The Morgan fingerprint density at radius 2 is 1.47 bits per heavy atom. The second-order valence-corrected chi connectivity index (χ2v) is 4.61. The van der Waals surface area contributed by atoms with E-state index in [1.54, 1.807) is 13.2 Å². The van der Waals surface area contributed by atoms with Gasteiger partial charge in [0.2, 0.25) is 0 Å². The van der Waals surface area contributed by atoms with Gasteiger partial charge in [-0.25, -0.2) is 0 Å². The van der Waals surface area contributed by atoms with E-state index in [1.807, 2.05) is 44.2 Å². The number of aryl methyl sites for hydroxylation is 2. The topological polar surface area (TPSA) is 29.5 Å². The lowest BCUT2D eigenvalue weighted by Crippen LogP contribution is -1.86. The lowest BCUT2D eigenvalue weighted by atomic mass is 10.1. The Balaban J connectivity index is 2.22. The van der Waals surface area contributed by atoms with E-state index >= 15 is 0 Å². The van der Waals surface area contributed by atoms with Crippen molar-refractivity contribution in [2.45, 2.75) is 13.8 Å². The van der Waals surface area contributed by atoms with Gasteiger partial charge in [-0.1, -0.05) is 24.3 Å². The summed E-state index contributed by atoms with van der Waals surface area (Å²) in [5.74, 6) is 1.23. The van der Waals surface area contributed by atoms with Crippen molar-refractivity contribution >= 4 is 12.2 Å². The molecular formula is C17H18O2. The van der Waals surface area contributed by atoms with Crippen LogP contribution in [0.5, 0.6) is 11.5 Å². The number of ether oxygens (including phenoxy) is 1. The number of phenolic OH excluding ortho intramolecular Hbond substituents is 1. The molecular weight excluding hydrogens is 236 g/mol. The molecule has 0 atom stereocenters. The monoisotopic (exact) mass is 254 g/mol. The fourth-order valence-corrected chi connectivity index (χ4v) is 1.98. The predicted molar refractivity (Wildman–Crippen MR) is 79.5 cm³/mol. The molecule has 0 aliphatic heterocycles. The first kappa shape index (κ1) is 13.2. The minimum atomic E-state index is 0.331. The number of benzene rings is 2. The summed E-state index contributed by atoms with van der Waals surface area (Å²) in [5, 5.41) is 9.49. The Hall–Kier alpha value is -2.22. The van der Waals surface area contributed by atoms with Crippen LogP contribution in [-0.4, -0.2) is 12.2 Å². The van der Waals surface area contributed by atoms with Gasteiger partial charge in [0.05, 0.1) is 7.11 Å². The van der Waals surface area contributed by atoms with Crippen LogP contribution in [0.4, 0.5) is 0 Å². The molecule has 2 aromatic carbocycles. The Morgan fingerprint density at radius 3 is 2.00 bits per heavy atom. The first-order chi connectivity index (χ1) is 9.10. The summed E-state index contributed by atoms with van der Waals surface area (Å²) >= 11 is 0. The van der Waals surface area contributed by atoms with Crippen molar-refractivity contribution in [1.82, 2.24) is 0 Å². The van der Waals surface area contributed by atoms with Gasteiger partial charge in [-0.05, 0) is 60.4 Å². The highest BCUT2D eigenvalue weighted by Crippen LogP contribution is 2.21. The summed E-state index contributed by atoms with van der Waals surface area (Å²) in [6, 6.07) is 11.7. The summed E-state index contributed by atoms with van der Waals surface area (Å²) in [6.45, 7) is 3.92. The second-order valence-electron chi connectivity index (χ2n) is 4.61. The van der Waals surface area contributed by atoms with E-state index in [0.29, 0.717) is 5.75 Å². The third kappa shape index (κ3) is 3.16. The fourth-order valence-electron chi connectivity index (χ4n) is 1.98. The largest absolute Gasteiger partial charge is 0.508 e. The number of hydrogen-bond acceptors (Lipinski definition) is 2. The number of methoxy groups -OCH3 is 1. The van der Waals surface area contributed by atoms with E-state index in [2.05, 4.69) is 12.1 Å². The first-order valence-corrected chi connectivity index (χ1v) is 6.22. The van der Waals surface area contributed by atoms with E-state index in [0.717, 1.165) is 28.0 Å². The van der Waals surface area contributed by atoms with Crippen molar-refractivity contribution in [2.75, 3.05) is 7.11 Å². The highest BCUT2D eigenvalue weighted by atomic mass is 16.5. The molecule has 1 N–H and O–H groups in total. The van der Waals surface area contributed by atoms with Crippen molar-refractivity contribution in [3.63, 3.8) is 0 Å². The number of phenols is 1. The van der Waals surface area contributed by atoms with Gasteiger partial charge in [0.1, 0.15) is 11.5 Å². The molecule has 0 saturated heterocycles. The quantitative estimate of drug-likeness (QED) is 0.832. The minimum Gasteiger partial charge on any atom is -0.508 e. The van der Waals surface area contributed by atoms with Gasteiger partial charge in [-0.3, -0.25) is 0 Å².